The van der Waals surface area contributed by atoms with E-state index in [4.69, 9.17) is 9.47 Å². The van der Waals surface area contributed by atoms with E-state index in [-0.39, 0.29) is 6.09 Å². The molecule has 0 saturated carbocycles. The molecule has 1 atom stereocenters. The Kier molecular flexibility index (Phi) is 7.14. The zero-order valence-corrected chi connectivity index (χ0v) is 15.8. The summed E-state index contributed by atoms with van der Waals surface area (Å²) in [5.74, 6) is 1.57. The number of carbonyl (C=O) groups excluding carboxylic acids is 1. The maximum Gasteiger partial charge on any atom is 0.409 e. The molecule has 2 saturated heterocycles. The van der Waals surface area contributed by atoms with Crippen molar-refractivity contribution < 1.29 is 14.3 Å². The normalized spacial score (nSPS) is 21.4. The van der Waals surface area contributed by atoms with Gasteiger partial charge >= 0.3 is 6.09 Å². The summed E-state index contributed by atoms with van der Waals surface area (Å²) in [5, 5.41) is 3.42. The Hall–Kier alpha value is -1.79. The molecule has 26 heavy (non-hydrogen) atoms. The van der Waals surface area contributed by atoms with Crippen molar-refractivity contribution in [2.24, 2.45) is 5.92 Å². The van der Waals surface area contributed by atoms with E-state index in [1.165, 1.54) is 18.4 Å². The van der Waals surface area contributed by atoms with E-state index in [9.17, 15) is 4.79 Å². The summed E-state index contributed by atoms with van der Waals surface area (Å²) in [6.45, 7) is 9.40. The number of amides is 1. The van der Waals surface area contributed by atoms with Crippen LogP contribution < -0.4 is 10.1 Å². The summed E-state index contributed by atoms with van der Waals surface area (Å²) >= 11 is 0. The molecular weight excluding hydrogens is 330 g/mol. The van der Waals surface area contributed by atoms with Crippen LogP contribution in [0.5, 0.6) is 5.75 Å². The van der Waals surface area contributed by atoms with Gasteiger partial charge in [-0.1, -0.05) is 12.1 Å². The Labute approximate surface area is 156 Å². The summed E-state index contributed by atoms with van der Waals surface area (Å²) in [5.41, 5.74) is 1.28. The SMILES string of the molecule is CCOC(=O)N1CCN(Cc2ccc(OCC3CCCNC3)cc2)CC1. The monoisotopic (exact) mass is 361 g/mol. The van der Waals surface area contributed by atoms with Crippen LogP contribution >= 0.6 is 0 Å². The first-order valence-corrected chi connectivity index (χ1v) is 9.81. The number of hydrogen-bond donors (Lipinski definition) is 1. The number of piperidine rings is 1. The number of carbonyl (C=O) groups is 1. The molecule has 2 fully saturated rings. The van der Waals surface area contributed by atoms with Crippen LogP contribution in [0.15, 0.2) is 24.3 Å². The van der Waals surface area contributed by atoms with Crippen LogP contribution in [0.1, 0.15) is 25.3 Å². The molecule has 0 radical (unpaired) electrons. The van der Waals surface area contributed by atoms with Gasteiger partial charge in [-0.2, -0.15) is 0 Å². The Morgan fingerprint density at radius 1 is 1.19 bits per heavy atom. The smallest absolute Gasteiger partial charge is 0.409 e. The van der Waals surface area contributed by atoms with Crippen molar-refractivity contribution in [1.82, 2.24) is 15.1 Å². The fraction of sp³-hybridized carbons (Fsp3) is 0.650. The van der Waals surface area contributed by atoms with Crippen LogP contribution in [0.25, 0.3) is 0 Å². The van der Waals surface area contributed by atoms with E-state index >= 15 is 0 Å². The van der Waals surface area contributed by atoms with Gasteiger partial charge in [0.05, 0.1) is 13.2 Å². The molecule has 6 heteroatoms. The lowest BCUT2D eigenvalue weighted by Gasteiger charge is -2.34. The van der Waals surface area contributed by atoms with Gasteiger partial charge in [-0.3, -0.25) is 4.90 Å². The fourth-order valence-electron chi connectivity index (χ4n) is 3.53. The third kappa shape index (κ3) is 5.61. The second-order valence-electron chi connectivity index (χ2n) is 7.13. The van der Waals surface area contributed by atoms with Gasteiger partial charge in [-0.05, 0) is 44.0 Å². The maximum absolute atomic E-state index is 11.7. The standard InChI is InChI=1S/C20H31N3O3/c1-2-25-20(24)23-12-10-22(11-13-23)15-17-5-7-19(8-6-17)26-16-18-4-3-9-21-14-18/h5-8,18,21H,2-4,9-16H2,1H3. The molecule has 1 aromatic rings. The minimum Gasteiger partial charge on any atom is -0.493 e. The van der Waals surface area contributed by atoms with Gasteiger partial charge in [-0.25, -0.2) is 4.79 Å². The van der Waals surface area contributed by atoms with E-state index in [1.54, 1.807) is 4.90 Å². The van der Waals surface area contributed by atoms with Crippen LogP contribution in [-0.4, -0.2) is 68.4 Å². The van der Waals surface area contributed by atoms with Gasteiger partial charge in [-0.15, -0.1) is 0 Å². The van der Waals surface area contributed by atoms with E-state index in [1.807, 2.05) is 6.92 Å². The number of piperazine rings is 1. The highest BCUT2D eigenvalue weighted by Crippen LogP contribution is 2.17. The van der Waals surface area contributed by atoms with Crippen LogP contribution in [0.2, 0.25) is 0 Å². The molecule has 144 valence electrons. The van der Waals surface area contributed by atoms with Gasteiger partial charge in [0.25, 0.3) is 0 Å². The molecule has 2 heterocycles. The number of benzene rings is 1. The average molecular weight is 361 g/mol. The lowest BCUT2D eigenvalue weighted by Crippen LogP contribution is -2.48. The maximum atomic E-state index is 11.7. The summed E-state index contributed by atoms with van der Waals surface area (Å²) in [4.78, 5) is 15.9. The van der Waals surface area contributed by atoms with Gasteiger partial charge < -0.3 is 19.7 Å². The zero-order chi connectivity index (χ0) is 18.2. The van der Waals surface area contributed by atoms with E-state index in [0.717, 1.165) is 58.2 Å². The number of nitrogens with zero attached hydrogens (tertiary/aromatic N) is 2. The quantitative estimate of drug-likeness (QED) is 0.843. The van der Waals surface area contributed by atoms with E-state index < -0.39 is 0 Å². The Morgan fingerprint density at radius 3 is 2.62 bits per heavy atom. The van der Waals surface area contributed by atoms with Gasteiger partial charge in [0, 0.05) is 45.2 Å². The second kappa shape index (κ2) is 9.78. The van der Waals surface area contributed by atoms with Crippen LogP contribution in [-0.2, 0) is 11.3 Å². The van der Waals surface area contributed by atoms with Gasteiger partial charge in [0.15, 0.2) is 0 Å². The Balaban J connectivity index is 1.39. The summed E-state index contributed by atoms with van der Waals surface area (Å²) < 4.78 is 11.0. The largest absolute Gasteiger partial charge is 0.493 e. The third-order valence-corrected chi connectivity index (χ3v) is 5.11. The van der Waals surface area contributed by atoms with Crippen molar-refractivity contribution in [3.8, 4) is 5.75 Å². The number of ether oxygens (including phenoxy) is 2. The van der Waals surface area contributed by atoms with Crippen LogP contribution in [0, 0.1) is 5.92 Å². The molecular formula is C20H31N3O3. The summed E-state index contributed by atoms with van der Waals surface area (Å²) in [6.07, 6.45) is 2.31. The number of nitrogens with one attached hydrogen (secondary N) is 1. The molecule has 1 unspecified atom stereocenters. The summed E-state index contributed by atoms with van der Waals surface area (Å²) in [7, 11) is 0. The molecule has 2 aliphatic heterocycles. The number of hydrogen-bond acceptors (Lipinski definition) is 5. The lowest BCUT2D eigenvalue weighted by atomic mass is 10.0. The van der Waals surface area contributed by atoms with Crippen molar-refractivity contribution in [2.45, 2.75) is 26.3 Å². The molecule has 0 aliphatic carbocycles. The minimum absolute atomic E-state index is 0.193. The van der Waals surface area contributed by atoms with Crippen LogP contribution in [0.4, 0.5) is 4.79 Å². The van der Waals surface area contributed by atoms with Crippen LogP contribution in [0.3, 0.4) is 0 Å². The zero-order valence-electron chi connectivity index (χ0n) is 15.8. The first-order valence-electron chi connectivity index (χ1n) is 9.81. The highest BCUT2D eigenvalue weighted by molar-refractivity contribution is 5.67. The van der Waals surface area contributed by atoms with Gasteiger partial charge in [0.1, 0.15) is 5.75 Å². The molecule has 0 bridgehead atoms. The lowest BCUT2D eigenvalue weighted by molar-refractivity contribution is 0.0778. The third-order valence-electron chi connectivity index (χ3n) is 5.11. The predicted octanol–water partition coefficient (Wildman–Crippen LogP) is 2.34. The molecule has 1 N–H and O–H groups in total. The summed E-state index contributed by atoms with van der Waals surface area (Å²) in [6, 6.07) is 8.43. The predicted molar refractivity (Wildman–Crippen MR) is 101 cm³/mol. The second-order valence-corrected chi connectivity index (χ2v) is 7.13. The molecule has 1 amide bonds. The minimum atomic E-state index is -0.193. The number of rotatable bonds is 6. The molecule has 0 spiro atoms. The Bertz CT molecular complexity index is 550. The van der Waals surface area contributed by atoms with E-state index in [0.29, 0.717) is 12.5 Å². The fourth-order valence-corrected chi connectivity index (χ4v) is 3.53. The van der Waals surface area contributed by atoms with Crippen molar-refractivity contribution in [3.05, 3.63) is 29.8 Å². The van der Waals surface area contributed by atoms with E-state index in [2.05, 4.69) is 34.5 Å². The van der Waals surface area contributed by atoms with Crippen molar-refractivity contribution in [3.63, 3.8) is 0 Å². The molecule has 0 aromatic heterocycles. The highest BCUT2D eigenvalue weighted by Gasteiger charge is 2.21. The van der Waals surface area contributed by atoms with Gasteiger partial charge in [0.2, 0.25) is 0 Å². The Morgan fingerprint density at radius 2 is 1.96 bits per heavy atom. The molecule has 2 aliphatic rings. The first-order chi connectivity index (χ1) is 12.7. The molecule has 1 aromatic carbocycles. The van der Waals surface area contributed by atoms with Crippen molar-refractivity contribution in [1.29, 1.82) is 0 Å². The van der Waals surface area contributed by atoms with Crippen molar-refractivity contribution >= 4 is 6.09 Å². The first kappa shape index (κ1) is 19.0. The highest BCUT2D eigenvalue weighted by atomic mass is 16.6. The molecule has 6 nitrogen and oxygen atoms in total. The molecule has 3 rings (SSSR count). The average Bonchev–Trinajstić information content (AvgIpc) is 2.69. The van der Waals surface area contributed by atoms with Crippen molar-refractivity contribution in [2.75, 3.05) is 52.5 Å². The topological polar surface area (TPSA) is 54.0 Å².